The average molecular weight is 373 g/mol. The van der Waals surface area contributed by atoms with E-state index in [1.807, 2.05) is 33.1 Å². The largest absolute Gasteiger partial charge is 0.293 e. The molecule has 2 heterocycles. The van der Waals surface area contributed by atoms with Gasteiger partial charge in [-0.15, -0.1) is 11.3 Å². The highest BCUT2D eigenvalue weighted by Gasteiger charge is 2.17. The summed E-state index contributed by atoms with van der Waals surface area (Å²) in [4.78, 5) is 30.4. The van der Waals surface area contributed by atoms with Crippen molar-refractivity contribution in [1.82, 2.24) is 9.55 Å². The van der Waals surface area contributed by atoms with Crippen LogP contribution in [0.5, 0.6) is 0 Å². The number of hydrogen-bond acceptors (Lipinski definition) is 5. The van der Waals surface area contributed by atoms with Crippen LogP contribution in [0.3, 0.4) is 0 Å². The molecule has 0 saturated carbocycles. The van der Waals surface area contributed by atoms with Gasteiger partial charge < -0.3 is 0 Å². The fraction of sp³-hybridized carbons (Fsp3) is 0.316. The van der Waals surface area contributed by atoms with Gasteiger partial charge in [-0.25, -0.2) is 4.98 Å². The highest BCUT2D eigenvalue weighted by atomic mass is 32.2. The van der Waals surface area contributed by atoms with E-state index in [0.29, 0.717) is 10.5 Å². The number of hydrogen-bond donors (Lipinski definition) is 0. The number of aryl methyl sites for hydroxylation is 2. The number of ketones is 1. The monoisotopic (exact) mass is 372 g/mol. The van der Waals surface area contributed by atoms with E-state index in [0.717, 1.165) is 32.6 Å². The van der Waals surface area contributed by atoms with Crippen molar-refractivity contribution in [1.29, 1.82) is 0 Å². The Morgan fingerprint density at radius 1 is 1.20 bits per heavy atom. The first-order chi connectivity index (χ1) is 11.8. The number of Topliss-reactive ketones (excluding diaryl/α,β-unsaturated/α-hetero) is 1. The van der Waals surface area contributed by atoms with Crippen LogP contribution in [-0.4, -0.2) is 21.1 Å². The summed E-state index contributed by atoms with van der Waals surface area (Å²) < 4.78 is 1.52. The number of aromatic nitrogens is 2. The second kappa shape index (κ2) is 6.77. The van der Waals surface area contributed by atoms with Gasteiger partial charge in [0.05, 0.1) is 11.1 Å². The van der Waals surface area contributed by atoms with E-state index in [1.54, 1.807) is 13.1 Å². The molecule has 0 fully saturated rings. The van der Waals surface area contributed by atoms with Crippen molar-refractivity contribution in [3.63, 3.8) is 0 Å². The molecule has 130 valence electrons. The van der Waals surface area contributed by atoms with Gasteiger partial charge in [0.25, 0.3) is 5.56 Å². The molecule has 6 heteroatoms. The molecule has 0 N–H and O–H groups in total. The van der Waals surface area contributed by atoms with Crippen LogP contribution in [0.1, 0.15) is 32.6 Å². The normalized spacial score (nSPS) is 11.2. The van der Waals surface area contributed by atoms with Crippen LogP contribution >= 0.6 is 23.1 Å². The minimum atomic E-state index is -0.0695. The van der Waals surface area contributed by atoms with Crippen LogP contribution < -0.4 is 5.56 Å². The number of fused-ring (bicyclic) bond motifs is 1. The quantitative estimate of drug-likeness (QED) is 0.391. The number of nitrogens with zero attached hydrogens (tertiary/aromatic N) is 2. The van der Waals surface area contributed by atoms with E-state index in [4.69, 9.17) is 0 Å². The highest BCUT2D eigenvalue weighted by Crippen LogP contribution is 2.25. The molecular weight excluding hydrogens is 352 g/mol. The van der Waals surface area contributed by atoms with Crippen molar-refractivity contribution >= 4 is 39.1 Å². The summed E-state index contributed by atoms with van der Waals surface area (Å²) in [5, 5.41) is 3.07. The lowest BCUT2D eigenvalue weighted by Crippen LogP contribution is -2.20. The molecule has 0 atom stereocenters. The van der Waals surface area contributed by atoms with E-state index >= 15 is 0 Å². The number of rotatable bonds is 4. The molecule has 0 aliphatic heterocycles. The number of thioether (sulfide) groups is 1. The van der Waals surface area contributed by atoms with E-state index in [1.165, 1.54) is 27.7 Å². The molecule has 0 unspecified atom stereocenters. The van der Waals surface area contributed by atoms with E-state index in [9.17, 15) is 9.59 Å². The van der Waals surface area contributed by atoms with Crippen LogP contribution in [0.25, 0.3) is 10.2 Å². The molecule has 25 heavy (non-hydrogen) atoms. The lowest BCUT2D eigenvalue weighted by Gasteiger charge is -2.14. The van der Waals surface area contributed by atoms with Gasteiger partial charge in [-0.3, -0.25) is 14.2 Å². The lowest BCUT2D eigenvalue weighted by molar-refractivity contribution is 0.102. The van der Waals surface area contributed by atoms with Crippen molar-refractivity contribution < 1.29 is 4.79 Å². The van der Waals surface area contributed by atoms with Crippen LogP contribution in [-0.2, 0) is 7.05 Å². The van der Waals surface area contributed by atoms with E-state index in [2.05, 4.69) is 11.1 Å². The maximum Gasteiger partial charge on any atom is 0.262 e. The van der Waals surface area contributed by atoms with Gasteiger partial charge in [-0.1, -0.05) is 17.8 Å². The Balaban J connectivity index is 1.92. The SMILES string of the molecule is Cc1cc(C)c(C)c(C(=O)CSc2nc3sccc3c(=O)n2C)c1C. The average Bonchev–Trinajstić information content (AvgIpc) is 3.04. The molecule has 0 spiro atoms. The lowest BCUT2D eigenvalue weighted by atomic mass is 9.92. The zero-order chi connectivity index (χ0) is 18.3. The molecular formula is C19H20N2O2S2. The number of carbonyl (C=O) groups is 1. The van der Waals surface area contributed by atoms with Gasteiger partial charge in [0.2, 0.25) is 0 Å². The molecule has 2 aromatic heterocycles. The molecule has 0 saturated heterocycles. The standard InChI is InChI=1S/C19H20N2O2S2/c1-10-8-11(2)13(4)16(12(10)3)15(22)9-25-19-20-17-14(6-7-24-17)18(23)21(19)5/h6-8H,9H2,1-5H3. The maximum absolute atomic E-state index is 12.8. The Hall–Kier alpha value is -1.92. The third kappa shape index (κ3) is 3.16. The first kappa shape index (κ1) is 17.9. The first-order valence-corrected chi connectivity index (χ1v) is 9.85. The summed E-state index contributed by atoms with van der Waals surface area (Å²) >= 11 is 2.76. The van der Waals surface area contributed by atoms with Crippen molar-refractivity contribution in [2.45, 2.75) is 32.9 Å². The second-order valence-electron chi connectivity index (χ2n) is 6.25. The Bertz CT molecular complexity index is 1020. The predicted molar refractivity (Wildman–Crippen MR) is 105 cm³/mol. The zero-order valence-electron chi connectivity index (χ0n) is 15.0. The Morgan fingerprint density at radius 2 is 1.84 bits per heavy atom. The molecule has 3 aromatic rings. The van der Waals surface area contributed by atoms with Crippen LogP contribution in [0.2, 0.25) is 0 Å². The van der Waals surface area contributed by atoms with Gasteiger partial charge in [0.15, 0.2) is 10.9 Å². The third-order valence-corrected chi connectivity index (χ3v) is 6.48. The molecule has 0 bridgehead atoms. The van der Waals surface area contributed by atoms with Crippen LogP contribution in [0, 0.1) is 27.7 Å². The van der Waals surface area contributed by atoms with Crippen LogP contribution in [0.15, 0.2) is 27.5 Å². The van der Waals surface area contributed by atoms with E-state index < -0.39 is 0 Å². The molecule has 1 aromatic carbocycles. The van der Waals surface area contributed by atoms with Gasteiger partial charge in [0.1, 0.15) is 4.83 Å². The fourth-order valence-corrected chi connectivity index (χ4v) is 4.60. The summed E-state index contributed by atoms with van der Waals surface area (Å²) in [6.07, 6.45) is 0. The summed E-state index contributed by atoms with van der Waals surface area (Å²) in [5.74, 6) is 0.342. The topological polar surface area (TPSA) is 52.0 Å². The number of thiophene rings is 1. The molecule has 0 amide bonds. The minimum Gasteiger partial charge on any atom is -0.293 e. The van der Waals surface area contributed by atoms with Crippen LogP contribution in [0.4, 0.5) is 0 Å². The first-order valence-electron chi connectivity index (χ1n) is 7.99. The molecule has 4 nitrogen and oxygen atoms in total. The maximum atomic E-state index is 12.8. The number of carbonyl (C=O) groups excluding carboxylic acids is 1. The van der Waals surface area contributed by atoms with Gasteiger partial charge >= 0.3 is 0 Å². The number of benzene rings is 1. The fourth-order valence-electron chi connectivity index (χ4n) is 2.95. The molecule has 0 aliphatic carbocycles. The Labute approximate surface area is 154 Å². The van der Waals surface area contributed by atoms with Crippen molar-refractivity contribution in [2.75, 3.05) is 5.75 Å². The summed E-state index contributed by atoms with van der Waals surface area (Å²) in [5.41, 5.74) is 5.05. The summed E-state index contributed by atoms with van der Waals surface area (Å²) in [6, 6.07) is 3.90. The molecule has 0 aliphatic rings. The van der Waals surface area contributed by atoms with Crippen molar-refractivity contribution in [3.8, 4) is 0 Å². The predicted octanol–water partition coefficient (Wildman–Crippen LogP) is 4.20. The van der Waals surface area contributed by atoms with Gasteiger partial charge in [-0.05, 0) is 61.4 Å². The van der Waals surface area contributed by atoms with Crippen molar-refractivity contribution in [2.24, 2.45) is 7.05 Å². The Morgan fingerprint density at radius 3 is 2.48 bits per heavy atom. The third-order valence-electron chi connectivity index (χ3n) is 4.64. The highest BCUT2D eigenvalue weighted by molar-refractivity contribution is 7.99. The van der Waals surface area contributed by atoms with Gasteiger partial charge in [0, 0.05) is 12.6 Å². The second-order valence-corrected chi connectivity index (χ2v) is 8.08. The minimum absolute atomic E-state index is 0.0695. The van der Waals surface area contributed by atoms with Gasteiger partial charge in [-0.2, -0.15) is 0 Å². The zero-order valence-corrected chi connectivity index (χ0v) is 16.6. The Kier molecular flexibility index (Phi) is 4.84. The summed E-state index contributed by atoms with van der Waals surface area (Å²) in [7, 11) is 1.70. The smallest absolute Gasteiger partial charge is 0.262 e. The van der Waals surface area contributed by atoms with Crippen molar-refractivity contribution in [3.05, 3.63) is 55.7 Å². The summed E-state index contributed by atoms with van der Waals surface area (Å²) in [6.45, 7) is 8.04. The molecule has 3 rings (SSSR count). The van der Waals surface area contributed by atoms with E-state index in [-0.39, 0.29) is 17.1 Å². The molecule has 0 radical (unpaired) electrons.